The summed E-state index contributed by atoms with van der Waals surface area (Å²) in [6, 6.07) is 6.56. The summed E-state index contributed by atoms with van der Waals surface area (Å²) >= 11 is 0. The van der Waals surface area contributed by atoms with Crippen molar-refractivity contribution in [3.63, 3.8) is 0 Å². The van der Waals surface area contributed by atoms with Crippen LogP contribution >= 0.6 is 9.24 Å². The molecule has 0 radical (unpaired) electrons. The fourth-order valence-electron chi connectivity index (χ4n) is 7.75. The van der Waals surface area contributed by atoms with Crippen LogP contribution in [0.5, 0.6) is 0 Å². The molecule has 4 rings (SSSR count). The van der Waals surface area contributed by atoms with Gasteiger partial charge in [-0.1, -0.05) is 43.4 Å². The minimum Gasteiger partial charge on any atom is -0.481 e. The third-order valence-electron chi connectivity index (χ3n) is 12.0. The van der Waals surface area contributed by atoms with Gasteiger partial charge in [0, 0.05) is 95.9 Å². The van der Waals surface area contributed by atoms with Crippen molar-refractivity contribution < 1.29 is 48.5 Å². The lowest BCUT2D eigenvalue weighted by Crippen LogP contribution is -2.50. The summed E-state index contributed by atoms with van der Waals surface area (Å²) in [4.78, 5) is 88.3. The third kappa shape index (κ3) is 18.2. The zero-order valence-corrected chi connectivity index (χ0v) is 39.6. The number of alkyl halides is 1. The number of carboxylic acids is 3. The van der Waals surface area contributed by atoms with Crippen molar-refractivity contribution in [1.82, 2.24) is 34.8 Å². The van der Waals surface area contributed by atoms with Crippen molar-refractivity contribution in [2.75, 3.05) is 104 Å². The average Bonchev–Trinajstić information content (AvgIpc) is 3.64. The van der Waals surface area contributed by atoms with Crippen molar-refractivity contribution in [2.24, 2.45) is 5.92 Å². The second kappa shape index (κ2) is 27.1. The Morgan fingerprint density at radius 1 is 0.891 bits per heavy atom. The Balaban J connectivity index is 0.00000206. The Hall–Kier alpha value is -4.51. The molecule has 64 heavy (non-hydrogen) atoms. The summed E-state index contributed by atoms with van der Waals surface area (Å²) < 4.78 is 14.2. The number of fused-ring (bicyclic) bond motifs is 1. The summed E-state index contributed by atoms with van der Waals surface area (Å²) in [7, 11) is 4.14. The number of aliphatic carboxylic acids is 3. The standard InChI is InChI=1S/C42H66FN8O7P.C3H6O2/c1-5-16-49(24-23-48(29-39(54)55)19-13-31(3)6-2)36(41(57)58)10-11-37(52)50-25-21-47(22-26-50)18-7-17-46(4)32-8-9-35-34(27-32)33(12-15-44-35)40(56)45-28-38(53)51-20-14-42(43,59)30-51;1-2-3(4)5/h8-9,12,15,27,31,36H,5-7,10-11,13-14,16-26,28-30,59H2,1-4H3,(H,45,56)(H,54,55)(H,57,58);2H2,1H3,(H,4,5). The van der Waals surface area contributed by atoms with Gasteiger partial charge in [0.2, 0.25) is 11.8 Å². The molecule has 19 heteroatoms. The highest BCUT2D eigenvalue weighted by Gasteiger charge is 2.36. The number of aromatic nitrogens is 1. The van der Waals surface area contributed by atoms with E-state index in [0.717, 1.165) is 57.5 Å². The largest absolute Gasteiger partial charge is 0.481 e. The van der Waals surface area contributed by atoms with Crippen LogP contribution in [-0.2, 0) is 24.0 Å². The molecule has 2 aliphatic heterocycles. The number of nitrogens with zero attached hydrogens (tertiary/aromatic N) is 7. The van der Waals surface area contributed by atoms with Gasteiger partial charge in [0.15, 0.2) is 0 Å². The number of carbonyl (C=O) groups is 6. The van der Waals surface area contributed by atoms with E-state index in [4.69, 9.17) is 5.11 Å². The number of nitrogens with one attached hydrogen (secondary N) is 1. The molecular formula is C45H72FN8O9P. The first kappa shape index (κ1) is 53.8. The van der Waals surface area contributed by atoms with Gasteiger partial charge in [-0.25, -0.2) is 4.39 Å². The number of carboxylic acid groups (broad SMARTS) is 3. The molecule has 17 nitrogen and oxygen atoms in total. The second-order valence-corrected chi connectivity index (χ2v) is 18.0. The Morgan fingerprint density at radius 3 is 2.19 bits per heavy atom. The van der Waals surface area contributed by atoms with Crippen LogP contribution in [0.2, 0.25) is 0 Å². The molecule has 2 saturated heterocycles. The molecule has 358 valence electrons. The SMILES string of the molecule is CCC(=O)O.CCCN(CCN(CCC(C)CC)CC(=O)O)C(CCC(=O)N1CCN(CCCN(C)c2ccc3nccc(C(=O)NCC(=O)N4CCC(F)(P)C4)c3c2)CC1)C(=O)O. The number of carbonyl (C=O) groups excluding carboxylic acids is 3. The van der Waals surface area contributed by atoms with E-state index in [1.54, 1.807) is 19.2 Å². The Bertz CT molecular complexity index is 1850. The number of hydrogen-bond donors (Lipinski definition) is 4. The number of hydrogen-bond acceptors (Lipinski definition) is 11. The molecule has 2 fully saturated rings. The van der Waals surface area contributed by atoms with Crippen molar-refractivity contribution in [2.45, 2.75) is 90.5 Å². The maximum absolute atomic E-state index is 14.2. The van der Waals surface area contributed by atoms with Crippen LogP contribution in [0, 0.1) is 5.92 Å². The van der Waals surface area contributed by atoms with Gasteiger partial charge in [0.05, 0.1) is 30.7 Å². The van der Waals surface area contributed by atoms with Crippen LogP contribution in [-0.4, -0.2) is 191 Å². The third-order valence-corrected chi connectivity index (χ3v) is 12.4. The van der Waals surface area contributed by atoms with Crippen molar-refractivity contribution in [3.8, 4) is 0 Å². The molecule has 1 aromatic heterocycles. The topological polar surface area (TPSA) is 207 Å². The lowest BCUT2D eigenvalue weighted by atomic mass is 10.1. The zero-order chi connectivity index (χ0) is 47.4. The van der Waals surface area contributed by atoms with Crippen LogP contribution in [0.1, 0.15) is 89.4 Å². The number of likely N-dealkylation sites (tertiary alicyclic amines) is 1. The van der Waals surface area contributed by atoms with Crippen LogP contribution in [0.25, 0.3) is 10.9 Å². The van der Waals surface area contributed by atoms with E-state index in [0.29, 0.717) is 68.2 Å². The molecule has 3 amide bonds. The van der Waals surface area contributed by atoms with Crippen LogP contribution in [0.15, 0.2) is 30.5 Å². The quantitative estimate of drug-likeness (QED) is 0.104. The minimum absolute atomic E-state index is 0.00880. The molecule has 4 unspecified atom stereocenters. The molecule has 0 saturated carbocycles. The van der Waals surface area contributed by atoms with E-state index in [-0.39, 0.29) is 57.1 Å². The second-order valence-electron chi connectivity index (χ2n) is 17.0. The highest BCUT2D eigenvalue weighted by molar-refractivity contribution is 7.18. The zero-order valence-electron chi connectivity index (χ0n) is 38.5. The molecular weight excluding hydrogens is 847 g/mol. The molecule has 0 spiro atoms. The lowest BCUT2D eigenvalue weighted by molar-refractivity contribution is -0.145. The first-order valence-electron chi connectivity index (χ1n) is 22.6. The molecule has 4 N–H and O–H groups in total. The van der Waals surface area contributed by atoms with Gasteiger partial charge in [-0.05, 0) is 75.5 Å². The molecule has 4 atom stereocenters. The van der Waals surface area contributed by atoms with E-state index in [9.17, 15) is 43.4 Å². The fourth-order valence-corrected chi connectivity index (χ4v) is 8.10. The normalized spacial score (nSPS) is 17.5. The van der Waals surface area contributed by atoms with Gasteiger partial charge in [0.1, 0.15) is 11.5 Å². The first-order valence-corrected chi connectivity index (χ1v) is 23.2. The number of amides is 3. The van der Waals surface area contributed by atoms with Gasteiger partial charge < -0.3 is 35.3 Å². The van der Waals surface area contributed by atoms with Gasteiger partial charge in [-0.15, -0.1) is 0 Å². The predicted molar refractivity (Wildman–Crippen MR) is 248 cm³/mol. The van der Waals surface area contributed by atoms with E-state index in [1.165, 1.54) is 4.90 Å². The molecule has 2 aromatic rings. The first-order chi connectivity index (χ1) is 30.4. The fraction of sp³-hybridized carbons (Fsp3) is 0.667. The van der Waals surface area contributed by atoms with Gasteiger partial charge in [-0.3, -0.25) is 48.5 Å². The number of rotatable bonds is 25. The van der Waals surface area contributed by atoms with Crippen molar-refractivity contribution in [3.05, 3.63) is 36.0 Å². The highest BCUT2D eigenvalue weighted by atomic mass is 31.0. The summed E-state index contributed by atoms with van der Waals surface area (Å²) in [6.45, 7) is 14.1. The van der Waals surface area contributed by atoms with Crippen molar-refractivity contribution >= 4 is 61.5 Å². The monoisotopic (exact) mass is 919 g/mol. The predicted octanol–water partition coefficient (Wildman–Crippen LogP) is 3.96. The van der Waals surface area contributed by atoms with Gasteiger partial charge >= 0.3 is 17.9 Å². The van der Waals surface area contributed by atoms with E-state index in [1.807, 2.05) is 46.9 Å². The van der Waals surface area contributed by atoms with Gasteiger partial charge in [-0.2, -0.15) is 0 Å². The number of piperazine rings is 1. The van der Waals surface area contributed by atoms with E-state index < -0.39 is 35.3 Å². The molecule has 3 heterocycles. The number of benzene rings is 1. The Labute approximate surface area is 379 Å². The summed E-state index contributed by atoms with van der Waals surface area (Å²) in [6.07, 6.45) is 5.87. The Morgan fingerprint density at radius 2 is 1.59 bits per heavy atom. The summed E-state index contributed by atoms with van der Waals surface area (Å²) in [5.74, 6) is -2.91. The van der Waals surface area contributed by atoms with Crippen LogP contribution in [0.4, 0.5) is 10.1 Å². The maximum Gasteiger partial charge on any atom is 0.320 e. The molecule has 0 bridgehead atoms. The minimum atomic E-state index is -1.49. The average molecular weight is 919 g/mol. The molecule has 0 aliphatic carbocycles. The Kier molecular flexibility index (Phi) is 22.8. The van der Waals surface area contributed by atoms with E-state index >= 15 is 0 Å². The van der Waals surface area contributed by atoms with Crippen LogP contribution < -0.4 is 10.2 Å². The van der Waals surface area contributed by atoms with Crippen LogP contribution in [0.3, 0.4) is 0 Å². The number of halogens is 1. The van der Waals surface area contributed by atoms with E-state index in [2.05, 4.69) is 43.2 Å². The summed E-state index contributed by atoms with van der Waals surface area (Å²) in [5.41, 5.74) is 1.98. The molecule has 1 aromatic carbocycles. The van der Waals surface area contributed by atoms with Gasteiger partial charge in [0.25, 0.3) is 5.91 Å². The number of anilines is 1. The molecule has 2 aliphatic rings. The number of pyridine rings is 1. The lowest BCUT2D eigenvalue weighted by Gasteiger charge is -2.36. The highest BCUT2D eigenvalue weighted by Crippen LogP contribution is 2.31. The summed E-state index contributed by atoms with van der Waals surface area (Å²) in [5, 5.41) is 29.2. The smallest absolute Gasteiger partial charge is 0.320 e. The maximum atomic E-state index is 14.2. The van der Waals surface area contributed by atoms with Crippen molar-refractivity contribution in [1.29, 1.82) is 0 Å².